The fraction of sp³-hybridized carbons (Fsp3) is 0.143. The summed E-state index contributed by atoms with van der Waals surface area (Å²) in [5.74, 6) is 0.591. The zero-order chi connectivity index (χ0) is 8.97. The Morgan fingerprint density at radius 2 is 2.33 bits per heavy atom. The topological polar surface area (TPSA) is 55.5 Å². The quantitative estimate of drug-likeness (QED) is 0.663. The number of hydrogen-bond acceptors (Lipinski definition) is 4. The molecular formula is C7H8INO2S. The number of hydrogen-bond donors (Lipinski definition) is 2. The smallest absolute Gasteiger partial charge is 0.180 e. The van der Waals surface area contributed by atoms with E-state index in [2.05, 4.69) is 0 Å². The number of rotatable bonds is 3. The molecule has 0 bridgehead atoms. The van der Waals surface area contributed by atoms with Crippen LogP contribution in [-0.2, 0) is 6.54 Å². The molecule has 12 heavy (non-hydrogen) atoms. The van der Waals surface area contributed by atoms with Gasteiger partial charge < -0.3 is 15.0 Å². The first-order valence-electron chi connectivity index (χ1n) is 3.25. The van der Waals surface area contributed by atoms with Crippen molar-refractivity contribution in [3.05, 3.63) is 23.8 Å². The molecule has 1 aromatic carbocycles. The van der Waals surface area contributed by atoms with Crippen LogP contribution >= 0.6 is 30.4 Å². The Hall–Kier alpha value is -0.140. The van der Waals surface area contributed by atoms with Gasteiger partial charge in [0.1, 0.15) is 9.21 Å². The summed E-state index contributed by atoms with van der Waals surface area (Å²) in [6.07, 6.45) is 0. The standard InChI is InChI=1S/C7H8INO2S/c8-12-11-7-3-5(4-9)1-2-6(7)10/h1-3,10H,4,9H2. The van der Waals surface area contributed by atoms with Gasteiger partial charge in [0, 0.05) is 27.8 Å². The second-order valence-corrected chi connectivity index (χ2v) is 3.52. The van der Waals surface area contributed by atoms with Gasteiger partial charge in [0.2, 0.25) is 0 Å². The molecule has 0 atom stereocenters. The number of benzene rings is 1. The lowest BCUT2D eigenvalue weighted by molar-refractivity contribution is 0.451. The van der Waals surface area contributed by atoms with Crippen molar-refractivity contribution in [1.82, 2.24) is 0 Å². The third kappa shape index (κ3) is 2.43. The molecule has 0 saturated heterocycles. The highest BCUT2D eigenvalue weighted by Crippen LogP contribution is 2.31. The van der Waals surface area contributed by atoms with Gasteiger partial charge >= 0.3 is 0 Å². The van der Waals surface area contributed by atoms with Crippen LogP contribution in [0.25, 0.3) is 0 Å². The van der Waals surface area contributed by atoms with E-state index in [-0.39, 0.29) is 5.75 Å². The van der Waals surface area contributed by atoms with Gasteiger partial charge in [-0.2, -0.15) is 0 Å². The number of nitrogens with two attached hydrogens (primary N) is 1. The molecule has 0 spiro atoms. The van der Waals surface area contributed by atoms with Gasteiger partial charge in [-0.25, -0.2) is 0 Å². The van der Waals surface area contributed by atoms with Crippen LogP contribution in [0, 0.1) is 0 Å². The first-order chi connectivity index (χ1) is 5.77. The zero-order valence-electron chi connectivity index (χ0n) is 6.16. The molecular weight excluding hydrogens is 289 g/mol. The van der Waals surface area contributed by atoms with Gasteiger partial charge in [0.05, 0.1) is 0 Å². The van der Waals surface area contributed by atoms with Crippen molar-refractivity contribution in [2.75, 3.05) is 0 Å². The van der Waals surface area contributed by atoms with Crippen molar-refractivity contribution < 1.29 is 9.29 Å². The largest absolute Gasteiger partial charge is 0.504 e. The highest BCUT2D eigenvalue weighted by molar-refractivity contribution is 14.2. The SMILES string of the molecule is NCc1ccc(O)c(OSI)c1. The Kier molecular flexibility index (Phi) is 3.96. The molecule has 0 heterocycles. The predicted molar refractivity (Wildman–Crippen MR) is 58.2 cm³/mol. The Bertz CT molecular complexity index is 270. The number of aromatic hydroxyl groups is 1. The van der Waals surface area contributed by atoms with E-state index in [1.165, 1.54) is 0 Å². The number of phenols is 1. The Morgan fingerprint density at radius 3 is 2.92 bits per heavy atom. The lowest BCUT2D eigenvalue weighted by Gasteiger charge is -2.04. The summed E-state index contributed by atoms with van der Waals surface area (Å²) < 4.78 is 5.08. The van der Waals surface area contributed by atoms with Gasteiger partial charge in [0.15, 0.2) is 11.5 Å². The molecule has 5 heteroatoms. The second kappa shape index (κ2) is 4.78. The molecule has 0 radical (unpaired) electrons. The zero-order valence-corrected chi connectivity index (χ0v) is 9.13. The molecule has 0 aromatic heterocycles. The summed E-state index contributed by atoms with van der Waals surface area (Å²) in [4.78, 5) is 0. The molecule has 0 fully saturated rings. The van der Waals surface area contributed by atoms with Crippen molar-refractivity contribution in [2.45, 2.75) is 6.54 Å². The summed E-state index contributed by atoms with van der Waals surface area (Å²) >= 11 is 1.98. The molecule has 0 saturated carbocycles. The fourth-order valence-electron chi connectivity index (χ4n) is 0.786. The second-order valence-electron chi connectivity index (χ2n) is 2.15. The summed E-state index contributed by atoms with van der Waals surface area (Å²) in [7, 11) is 1.16. The van der Waals surface area contributed by atoms with E-state index in [1.807, 2.05) is 21.2 Å². The lowest BCUT2D eigenvalue weighted by atomic mass is 10.2. The van der Waals surface area contributed by atoms with Crippen molar-refractivity contribution in [2.24, 2.45) is 5.73 Å². The lowest BCUT2D eigenvalue weighted by Crippen LogP contribution is -1.95. The molecule has 1 rings (SSSR count). The monoisotopic (exact) mass is 297 g/mol. The summed E-state index contributed by atoms with van der Waals surface area (Å²) in [6, 6.07) is 5.06. The Morgan fingerprint density at radius 1 is 1.58 bits per heavy atom. The van der Waals surface area contributed by atoms with Crippen LogP contribution in [0.2, 0.25) is 0 Å². The first-order valence-corrected chi connectivity index (χ1v) is 6.53. The van der Waals surface area contributed by atoms with Crippen molar-refractivity contribution in [3.63, 3.8) is 0 Å². The van der Waals surface area contributed by atoms with Crippen LogP contribution in [0.15, 0.2) is 18.2 Å². The van der Waals surface area contributed by atoms with E-state index in [0.717, 1.165) is 14.8 Å². The third-order valence-corrected chi connectivity index (χ3v) is 2.16. The minimum Gasteiger partial charge on any atom is -0.504 e. The van der Waals surface area contributed by atoms with Crippen LogP contribution in [0.4, 0.5) is 0 Å². The third-order valence-electron chi connectivity index (χ3n) is 1.38. The first kappa shape index (κ1) is 9.94. The van der Waals surface area contributed by atoms with Crippen molar-refractivity contribution in [3.8, 4) is 11.5 Å². The van der Waals surface area contributed by atoms with E-state index >= 15 is 0 Å². The van der Waals surface area contributed by atoms with Crippen molar-refractivity contribution >= 4 is 30.4 Å². The van der Waals surface area contributed by atoms with Crippen LogP contribution in [0.5, 0.6) is 11.5 Å². The van der Waals surface area contributed by atoms with E-state index in [0.29, 0.717) is 12.3 Å². The van der Waals surface area contributed by atoms with Crippen molar-refractivity contribution in [1.29, 1.82) is 0 Å². The van der Waals surface area contributed by atoms with Gasteiger partial charge in [0.25, 0.3) is 0 Å². The fourth-order valence-corrected chi connectivity index (χ4v) is 1.57. The van der Waals surface area contributed by atoms with Gasteiger partial charge in [-0.05, 0) is 17.7 Å². The highest BCUT2D eigenvalue weighted by Gasteiger charge is 2.02. The molecule has 0 aliphatic rings. The van der Waals surface area contributed by atoms with E-state index < -0.39 is 0 Å². The van der Waals surface area contributed by atoms with Gasteiger partial charge in [-0.1, -0.05) is 6.07 Å². The van der Waals surface area contributed by atoms with E-state index in [1.54, 1.807) is 18.2 Å². The summed E-state index contributed by atoms with van der Waals surface area (Å²) in [6.45, 7) is 0.447. The minimum atomic E-state index is 0.136. The van der Waals surface area contributed by atoms with E-state index in [4.69, 9.17) is 9.92 Å². The highest BCUT2D eigenvalue weighted by atomic mass is 127. The molecule has 0 unspecified atom stereocenters. The molecule has 0 aliphatic carbocycles. The molecule has 66 valence electrons. The summed E-state index contributed by atoms with van der Waals surface area (Å²) in [5.41, 5.74) is 6.36. The molecule has 0 amide bonds. The molecule has 3 N–H and O–H groups in total. The number of halogens is 1. The molecule has 3 nitrogen and oxygen atoms in total. The normalized spacial score (nSPS) is 9.83. The number of phenolic OH excluding ortho intramolecular Hbond substituents is 1. The Balaban J connectivity index is 2.91. The van der Waals surface area contributed by atoms with Crippen LogP contribution in [-0.4, -0.2) is 5.11 Å². The van der Waals surface area contributed by atoms with Gasteiger partial charge in [-0.15, -0.1) is 0 Å². The van der Waals surface area contributed by atoms with E-state index in [9.17, 15) is 5.11 Å². The maximum Gasteiger partial charge on any atom is 0.180 e. The summed E-state index contributed by atoms with van der Waals surface area (Å²) in [5, 5.41) is 9.28. The van der Waals surface area contributed by atoms with Crippen LogP contribution < -0.4 is 9.92 Å². The van der Waals surface area contributed by atoms with Crippen LogP contribution in [0.3, 0.4) is 0 Å². The molecule has 0 aliphatic heterocycles. The predicted octanol–water partition coefficient (Wildman–Crippen LogP) is 2.23. The maximum absolute atomic E-state index is 9.28. The maximum atomic E-state index is 9.28. The molecule has 1 aromatic rings. The Labute approximate surface area is 87.1 Å². The minimum absolute atomic E-state index is 0.136. The average molecular weight is 297 g/mol. The van der Waals surface area contributed by atoms with Gasteiger partial charge in [-0.3, -0.25) is 0 Å². The van der Waals surface area contributed by atoms with Crippen LogP contribution in [0.1, 0.15) is 5.56 Å². The average Bonchev–Trinajstić information content (AvgIpc) is 2.09.